The number of nitrogens with one attached hydrogen (secondary N) is 2. The molecule has 0 bridgehead atoms. The number of fused-ring (bicyclic) bond motifs is 1. The van der Waals surface area contributed by atoms with E-state index < -0.39 is 0 Å². The van der Waals surface area contributed by atoms with E-state index in [4.69, 9.17) is 21.1 Å². The van der Waals surface area contributed by atoms with Gasteiger partial charge in [0, 0.05) is 36.6 Å². The second-order valence-electron chi connectivity index (χ2n) is 4.98. The van der Waals surface area contributed by atoms with Gasteiger partial charge in [-0.1, -0.05) is 11.6 Å². The van der Waals surface area contributed by atoms with E-state index in [9.17, 15) is 9.59 Å². The highest BCUT2D eigenvalue weighted by molar-refractivity contribution is 6.32. The summed E-state index contributed by atoms with van der Waals surface area (Å²) in [5.41, 5.74) is 1.00. The second kappa shape index (κ2) is 7.18. The topological polar surface area (TPSA) is 89.6 Å². The molecule has 2 amide bonds. The first kappa shape index (κ1) is 16.1. The number of rotatable bonds is 5. The standard InChI is InChI=1S/C16H14ClN3O4/c17-12-7-10(8-13-15(12)24-9-23-13)16(22)19-6-3-14(21)20-11-1-4-18-5-2-11/h1-2,4-5,7-8H,3,6,9H2,(H,19,22)(H,18,20,21). The predicted molar refractivity (Wildman–Crippen MR) is 87.4 cm³/mol. The first-order valence-corrected chi connectivity index (χ1v) is 7.58. The summed E-state index contributed by atoms with van der Waals surface area (Å²) >= 11 is 6.04. The zero-order valence-electron chi connectivity index (χ0n) is 12.5. The minimum absolute atomic E-state index is 0.0787. The van der Waals surface area contributed by atoms with Crippen LogP contribution in [0.4, 0.5) is 5.69 Å². The smallest absolute Gasteiger partial charge is 0.251 e. The normalized spacial score (nSPS) is 11.9. The van der Waals surface area contributed by atoms with Crippen LogP contribution in [0.15, 0.2) is 36.7 Å². The van der Waals surface area contributed by atoms with Gasteiger partial charge >= 0.3 is 0 Å². The molecule has 0 unspecified atom stereocenters. The third-order valence-electron chi connectivity index (χ3n) is 3.29. The zero-order valence-corrected chi connectivity index (χ0v) is 13.3. The Labute approximate surface area is 142 Å². The highest BCUT2D eigenvalue weighted by atomic mass is 35.5. The summed E-state index contributed by atoms with van der Waals surface area (Å²) in [6, 6.07) is 6.43. The maximum absolute atomic E-state index is 12.1. The molecule has 1 aliphatic heterocycles. The third-order valence-corrected chi connectivity index (χ3v) is 3.57. The molecule has 1 aromatic heterocycles. The lowest BCUT2D eigenvalue weighted by atomic mass is 10.2. The molecule has 2 N–H and O–H groups in total. The SMILES string of the molecule is O=C(CCNC(=O)c1cc(Cl)c2c(c1)OCO2)Nc1ccncc1. The molecule has 0 atom stereocenters. The molecule has 0 aliphatic carbocycles. The average Bonchev–Trinajstić information content (AvgIpc) is 3.05. The summed E-state index contributed by atoms with van der Waals surface area (Å²) in [5.74, 6) is 0.324. The quantitative estimate of drug-likeness (QED) is 0.865. The zero-order chi connectivity index (χ0) is 16.9. The van der Waals surface area contributed by atoms with Gasteiger partial charge in [0.2, 0.25) is 12.7 Å². The molecule has 8 heteroatoms. The van der Waals surface area contributed by atoms with Crippen molar-refractivity contribution in [2.75, 3.05) is 18.7 Å². The largest absolute Gasteiger partial charge is 0.454 e. The molecule has 1 aromatic carbocycles. The molecule has 0 fully saturated rings. The monoisotopic (exact) mass is 347 g/mol. The van der Waals surface area contributed by atoms with E-state index >= 15 is 0 Å². The van der Waals surface area contributed by atoms with Crippen molar-refractivity contribution in [2.45, 2.75) is 6.42 Å². The summed E-state index contributed by atoms with van der Waals surface area (Å²) in [7, 11) is 0. The van der Waals surface area contributed by atoms with Crippen LogP contribution in [-0.4, -0.2) is 30.1 Å². The minimum Gasteiger partial charge on any atom is -0.454 e. The van der Waals surface area contributed by atoms with Gasteiger partial charge in [-0.2, -0.15) is 0 Å². The summed E-state index contributed by atoms with van der Waals surface area (Å²) in [6.45, 7) is 0.275. The van der Waals surface area contributed by atoms with Crippen LogP contribution < -0.4 is 20.1 Å². The molecule has 7 nitrogen and oxygen atoms in total. The van der Waals surface area contributed by atoms with Crippen LogP contribution in [0.5, 0.6) is 11.5 Å². The lowest BCUT2D eigenvalue weighted by molar-refractivity contribution is -0.116. The van der Waals surface area contributed by atoms with Crippen LogP contribution in [0.3, 0.4) is 0 Å². The van der Waals surface area contributed by atoms with Gasteiger partial charge in [-0.05, 0) is 24.3 Å². The molecular weight excluding hydrogens is 334 g/mol. The van der Waals surface area contributed by atoms with Crippen molar-refractivity contribution in [3.63, 3.8) is 0 Å². The van der Waals surface area contributed by atoms with Gasteiger partial charge in [0.25, 0.3) is 5.91 Å². The number of pyridine rings is 1. The minimum atomic E-state index is -0.341. The molecule has 0 radical (unpaired) electrons. The number of carbonyl (C=O) groups excluding carboxylic acids is 2. The molecule has 0 spiro atoms. The fourth-order valence-corrected chi connectivity index (χ4v) is 2.41. The summed E-state index contributed by atoms with van der Waals surface area (Å²) in [6.07, 6.45) is 3.31. The van der Waals surface area contributed by atoms with Gasteiger partial charge in [0.05, 0.1) is 5.02 Å². The van der Waals surface area contributed by atoms with Crippen LogP contribution in [-0.2, 0) is 4.79 Å². The fourth-order valence-electron chi connectivity index (χ4n) is 2.15. The summed E-state index contributed by atoms with van der Waals surface area (Å²) < 4.78 is 10.4. The fraction of sp³-hybridized carbons (Fsp3) is 0.188. The van der Waals surface area contributed by atoms with Crippen LogP contribution in [0, 0.1) is 0 Å². The van der Waals surface area contributed by atoms with Gasteiger partial charge in [0.15, 0.2) is 11.5 Å². The molecule has 0 saturated carbocycles. The van der Waals surface area contributed by atoms with Gasteiger partial charge in [-0.25, -0.2) is 0 Å². The Balaban J connectivity index is 1.51. The maximum Gasteiger partial charge on any atom is 0.251 e. The summed E-state index contributed by atoms with van der Waals surface area (Å²) in [5, 5.41) is 5.69. The van der Waals surface area contributed by atoms with E-state index in [2.05, 4.69) is 15.6 Å². The van der Waals surface area contributed by atoms with Crippen molar-refractivity contribution < 1.29 is 19.1 Å². The highest BCUT2D eigenvalue weighted by Crippen LogP contribution is 2.39. The molecule has 24 heavy (non-hydrogen) atoms. The number of halogens is 1. The van der Waals surface area contributed by atoms with Crippen molar-refractivity contribution >= 4 is 29.1 Å². The number of benzene rings is 1. The van der Waals surface area contributed by atoms with Crippen LogP contribution in [0.25, 0.3) is 0 Å². The van der Waals surface area contributed by atoms with E-state index in [0.29, 0.717) is 27.8 Å². The van der Waals surface area contributed by atoms with E-state index in [0.717, 1.165) is 0 Å². The van der Waals surface area contributed by atoms with Crippen LogP contribution in [0.1, 0.15) is 16.8 Å². The number of amides is 2. The third kappa shape index (κ3) is 3.75. The molecule has 0 saturated heterocycles. The number of hydrogen-bond donors (Lipinski definition) is 2. The first-order valence-electron chi connectivity index (χ1n) is 7.21. The summed E-state index contributed by atoms with van der Waals surface area (Å²) in [4.78, 5) is 27.8. The highest BCUT2D eigenvalue weighted by Gasteiger charge is 2.20. The number of carbonyl (C=O) groups is 2. The van der Waals surface area contributed by atoms with Crippen LogP contribution in [0.2, 0.25) is 5.02 Å². The van der Waals surface area contributed by atoms with E-state index in [-0.39, 0.29) is 31.6 Å². The number of nitrogens with zero attached hydrogens (tertiary/aromatic N) is 1. The Morgan fingerprint density at radius 3 is 2.79 bits per heavy atom. The molecule has 2 aromatic rings. The van der Waals surface area contributed by atoms with Gasteiger partial charge < -0.3 is 20.1 Å². The first-order chi connectivity index (χ1) is 11.6. The molecule has 2 heterocycles. The van der Waals surface area contributed by atoms with Crippen molar-refractivity contribution in [3.8, 4) is 11.5 Å². The van der Waals surface area contributed by atoms with Gasteiger partial charge in [0.1, 0.15) is 0 Å². The lowest BCUT2D eigenvalue weighted by Crippen LogP contribution is -2.27. The lowest BCUT2D eigenvalue weighted by Gasteiger charge is -2.08. The van der Waals surface area contributed by atoms with Gasteiger partial charge in [-0.3, -0.25) is 14.6 Å². The Morgan fingerprint density at radius 2 is 2.00 bits per heavy atom. The Hall–Kier alpha value is -2.80. The van der Waals surface area contributed by atoms with E-state index in [1.54, 1.807) is 30.6 Å². The Kier molecular flexibility index (Phi) is 4.81. The number of ether oxygens (including phenoxy) is 2. The van der Waals surface area contributed by atoms with Crippen molar-refractivity contribution in [2.24, 2.45) is 0 Å². The Bertz CT molecular complexity index is 767. The van der Waals surface area contributed by atoms with Crippen molar-refractivity contribution in [1.29, 1.82) is 0 Å². The average molecular weight is 348 g/mol. The number of anilines is 1. The van der Waals surface area contributed by atoms with Crippen molar-refractivity contribution in [1.82, 2.24) is 10.3 Å². The molecule has 3 rings (SSSR count). The molecule has 1 aliphatic rings. The van der Waals surface area contributed by atoms with E-state index in [1.807, 2.05) is 0 Å². The Morgan fingerprint density at radius 1 is 1.21 bits per heavy atom. The number of hydrogen-bond acceptors (Lipinski definition) is 5. The second-order valence-corrected chi connectivity index (χ2v) is 5.39. The molecular formula is C16H14ClN3O4. The van der Waals surface area contributed by atoms with E-state index in [1.165, 1.54) is 6.07 Å². The van der Waals surface area contributed by atoms with Crippen LogP contribution >= 0.6 is 11.6 Å². The maximum atomic E-state index is 12.1. The van der Waals surface area contributed by atoms with Crippen molar-refractivity contribution in [3.05, 3.63) is 47.2 Å². The molecule has 124 valence electrons. The predicted octanol–water partition coefficient (Wildman–Crippen LogP) is 2.22. The van der Waals surface area contributed by atoms with Gasteiger partial charge in [-0.15, -0.1) is 0 Å². The number of aromatic nitrogens is 1.